The van der Waals surface area contributed by atoms with E-state index in [4.69, 9.17) is 4.98 Å². The van der Waals surface area contributed by atoms with Gasteiger partial charge in [-0.1, -0.05) is 79.9 Å². The highest BCUT2D eigenvalue weighted by Gasteiger charge is 2.27. The Morgan fingerprint density at radius 3 is 2.34 bits per heavy atom. The van der Waals surface area contributed by atoms with Gasteiger partial charge in [-0.05, 0) is 50.1 Å². The van der Waals surface area contributed by atoms with E-state index >= 15 is 0 Å². The minimum atomic E-state index is -0.373. The summed E-state index contributed by atoms with van der Waals surface area (Å²) in [6, 6.07) is 24.6. The number of aryl methyl sites for hydroxylation is 1. The molecular weight excluding hydrogens is 434 g/mol. The highest BCUT2D eigenvalue weighted by atomic mass is 16.2. The molecule has 1 unspecified atom stereocenters. The van der Waals surface area contributed by atoms with E-state index in [1.807, 2.05) is 97.6 Å². The molecule has 1 atom stereocenters. The summed E-state index contributed by atoms with van der Waals surface area (Å²) >= 11 is 0. The molecule has 1 heterocycles. The number of para-hydroxylation sites is 1. The molecule has 0 fully saturated rings. The lowest BCUT2D eigenvalue weighted by atomic mass is 10.1. The van der Waals surface area contributed by atoms with Crippen molar-refractivity contribution >= 4 is 16.8 Å². The Hall–Kier alpha value is -3.73. The lowest BCUT2D eigenvalue weighted by Gasteiger charge is -2.31. The van der Waals surface area contributed by atoms with Crippen molar-refractivity contribution in [2.24, 2.45) is 0 Å². The van der Waals surface area contributed by atoms with Gasteiger partial charge in [0.1, 0.15) is 5.82 Å². The van der Waals surface area contributed by atoms with Gasteiger partial charge in [0, 0.05) is 12.1 Å². The molecule has 180 valence electrons. The van der Waals surface area contributed by atoms with E-state index in [1.54, 1.807) is 4.57 Å². The van der Waals surface area contributed by atoms with Crippen molar-refractivity contribution in [2.75, 3.05) is 6.54 Å². The van der Waals surface area contributed by atoms with Gasteiger partial charge in [0.2, 0.25) is 0 Å². The van der Waals surface area contributed by atoms with Crippen molar-refractivity contribution in [1.82, 2.24) is 14.5 Å². The predicted octanol–water partition coefficient (Wildman–Crippen LogP) is 6.15. The number of carbonyl (C=O) groups excluding carboxylic acids is 1. The van der Waals surface area contributed by atoms with E-state index in [1.165, 1.54) is 0 Å². The fraction of sp³-hybridized carbons (Fsp3) is 0.300. The Kier molecular flexibility index (Phi) is 7.76. The molecule has 0 aliphatic heterocycles. The van der Waals surface area contributed by atoms with Gasteiger partial charge in [-0.25, -0.2) is 4.98 Å². The number of benzene rings is 3. The van der Waals surface area contributed by atoms with Gasteiger partial charge in [-0.15, -0.1) is 0 Å². The molecule has 1 amide bonds. The third kappa shape index (κ3) is 5.51. The van der Waals surface area contributed by atoms with Crippen LogP contribution in [0.25, 0.3) is 10.9 Å². The molecule has 0 spiro atoms. The summed E-state index contributed by atoms with van der Waals surface area (Å²) in [5.74, 6) is 0.566. The van der Waals surface area contributed by atoms with Crippen LogP contribution in [0.2, 0.25) is 0 Å². The second-order valence-corrected chi connectivity index (χ2v) is 9.11. The number of unbranched alkanes of at least 4 members (excludes halogenated alkanes) is 2. The normalized spacial score (nSPS) is 12.0. The second kappa shape index (κ2) is 11.1. The predicted molar refractivity (Wildman–Crippen MR) is 142 cm³/mol. The lowest BCUT2D eigenvalue weighted by Crippen LogP contribution is -2.38. The van der Waals surface area contributed by atoms with Crippen molar-refractivity contribution in [3.8, 4) is 0 Å². The number of hydrogen-bond acceptors (Lipinski definition) is 3. The van der Waals surface area contributed by atoms with Crippen LogP contribution in [0.1, 0.15) is 66.5 Å². The van der Waals surface area contributed by atoms with Crippen LogP contribution in [0.4, 0.5) is 0 Å². The number of rotatable bonds is 9. The maximum Gasteiger partial charge on any atom is 0.261 e. The molecule has 4 rings (SSSR count). The van der Waals surface area contributed by atoms with Gasteiger partial charge < -0.3 is 4.90 Å². The average molecular weight is 468 g/mol. The molecule has 0 saturated carbocycles. The fourth-order valence-electron chi connectivity index (χ4n) is 4.43. The van der Waals surface area contributed by atoms with Crippen LogP contribution in [-0.4, -0.2) is 26.9 Å². The SMILES string of the molecule is CCCCCN(C(=O)c1ccc(C)cc1)C(C)c1nc2ccccc2c(=O)n1Cc1ccccc1. The summed E-state index contributed by atoms with van der Waals surface area (Å²) < 4.78 is 1.73. The van der Waals surface area contributed by atoms with Crippen molar-refractivity contribution in [1.29, 1.82) is 0 Å². The smallest absolute Gasteiger partial charge is 0.261 e. The average Bonchev–Trinajstić information content (AvgIpc) is 2.88. The molecule has 0 bridgehead atoms. The van der Waals surface area contributed by atoms with Crippen LogP contribution in [0.5, 0.6) is 0 Å². The minimum absolute atomic E-state index is 0.0396. The fourth-order valence-corrected chi connectivity index (χ4v) is 4.43. The van der Waals surface area contributed by atoms with Crippen LogP contribution in [0, 0.1) is 6.92 Å². The van der Waals surface area contributed by atoms with Crippen LogP contribution in [0.3, 0.4) is 0 Å². The zero-order chi connectivity index (χ0) is 24.8. The highest BCUT2D eigenvalue weighted by Crippen LogP contribution is 2.24. The number of fused-ring (bicyclic) bond motifs is 1. The topological polar surface area (TPSA) is 55.2 Å². The van der Waals surface area contributed by atoms with Crippen LogP contribution in [-0.2, 0) is 6.54 Å². The summed E-state index contributed by atoms with van der Waals surface area (Å²) in [4.78, 5) is 34.1. The first-order valence-corrected chi connectivity index (χ1v) is 12.4. The van der Waals surface area contributed by atoms with Gasteiger partial charge >= 0.3 is 0 Å². The number of carbonyl (C=O) groups is 1. The van der Waals surface area contributed by atoms with Crippen molar-refractivity contribution in [3.05, 3.63) is 112 Å². The number of aromatic nitrogens is 2. The van der Waals surface area contributed by atoms with Gasteiger partial charge in [0.25, 0.3) is 11.5 Å². The van der Waals surface area contributed by atoms with Crippen molar-refractivity contribution < 1.29 is 4.79 Å². The first kappa shape index (κ1) is 24.4. The molecule has 0 radical (unpaired) electrons. The van der Waals surface area contributed by atoms with Crippen LogP contribution >= 0.6 is 0 Å². The first-order valence-electron chi connectivity index (χ1n) is 12.4. The molecule has 0 N–H and O–H groups in total. The van der Waals surface area contributed by atoms with E-state index in [0.717, 1.165) is 30.4 Å². The minimum Gasteiger partial charge on any atom is -0.329 e. The Balaban J connectivity index is 1.81. The van der Waals surface area contributed by atoms with E-state index in [9.17, 15) is 9.59 Å². The molecular formula is C30H33N3O2. The summed E-state index contributed by atoms with van der Waals surface area (Å²) in [7, 11) is 0. The van der Waals surface area contributed by atoms with E-state index < -0.39 is 0 Å². The summed E-state index contributed by atoms with van der Waals surface area (Å²) in [6.07, 6.45) is 3.00. The maximum absolute atomic E-state index is 13.7. The third-order valence-corrected chi connectivity index (χ3v) is 6.48. The molecule has 0 aliphatic carbocycles. The van der Waals surface area contributed by atoms with Gasteiger partial charge in [0.15, 0.2) is 0 Å². The quantitative estimate of drug-likeness (QED) is 0.278. The third-order valence-electron chi connectivity index (χ3n) is 6.48. The highest BCUT2D eigenvalue weighted by molar-refractivity contribution is 5.94. The monoisotopic (exact) mass is 467 g/mol. The Morgan fingerprint density at radius 2 is 1.63 bits per heavy atom. The van der Waals surface area contributed by atoms with Crippen LogP contribution < -0.4 is 5.56 Å². The van der Waals surface area contributed by atoms with Gasteiger partial charge in [-0.3, -0.25) is 14.2 Å². The zero-order valence-electron chi connectivity index (χ0n) is 20.8. The van der Waals surface area contributed by atoms with Crippen molar-refractivity contribution in [3.63, 3.8) is 0 Å². The largest absolute Gasteiger partial charge is 0.329 e. The molecule has 0 saturated heterocycles. The lowest BCUT2D eigenvalue weighted by molar-refractivity contribution is 0.0675. The van der Waals surface area contributed by atoms with Crippen LogP contribution in [0.15, 0.2) is 83.7 Å². The summed E-state index contributed by atoms with van der Waals surface area (Å²) in [5, 5.41) is 0.585. The standard InChI is InChI=1S/C30H33N3O2/c1-4-5-11-20-32(29(34)25-18-16-22(2)17-19-25)23(3)28-31-27-15-10-9-14-26(27)30(35)33(28)21-24-12-7-6-8-13-24/h6-10,12-19,23H,4-5,11,20-21H2,1-3H3. The molecule has 1 aromatic heterocycles. The van der Waals surface area contributed by atoms with Crippen molar-refractivity contribution in [2.45, 2.75) is 52.6 Å². The van der Waals surface area contributed by atoms with Gasteiger partial charge in [-0.2, -0.15) is 0 Å². The van der Waals surface area contributed by atoms with Gasteiger partial charge in [0.05, 0.1) is 23.5 Å². The number of nitrogens with zero attached hydrogens (tertiary/aromatic N) is 3. The molecule has 35 heavy (non-hydrogen) atoms. The molecule has 5 heteroatoms. The molecule has 4 aromatic rings. The Labute approximate surface area is 207 Å². The summed E-state index contributed by atoms with van der Waals surface area (Å²) in [6.45, 7) is 7.15. The van der Waals surface area contributed by atoms with E-state index in [-0.39, 0.29) is 17.5 Å². The zero-order valence-corrected chi connectivity index (χ0v) is 20.8. The second-order valence-electron chi connectivity index (χ2n) is 9.11. The first-order chi connectivity index (χ1) is 17.0. The molecule has 0 aliphatic rings. The Morgan fingerprint density at radius 1 is 0.943 bits per heavy atom. The number of hydrogen-bond donors (Lipinski definition) is 0. The maximum atomic E-state index is 13.7. The summed E-state index contributed by atoms with van der Waals surface area (Å²) in [5.41, 5.74) is 3.34. The number of amides is 1. The molecule has 5 nitrogen and oxygen atoms in total. The Bertz CT molecular complexity index is 1340. The van der Waals surface area contributed by atoms with E-state index in [2.05, 4.69) is 6.92 Å². The van der Waals surface area contributed by atoms with E-state index in [0.29, 0.717) is 35.4 Å². The molecule has 3 aromatic carbocycles.